The number of imidazole rings is 1. The highest BCUT2D eigenvalue weighted by Crippen LogP contribution is 2.63. The molecule has 1 aromatic heterocycles. The number of nitrogens with zero attached hydrogens (tertiary/aromatic N) is 1. The SMILES string of the molecule is CC1([C@H](NC=O)c2nc3ccc([C@@H](O)NC(=O)CC(CCF)CCF)cc3[nH]2)CC2C[C@H]2C1. The van der Waals surface area contributed by atoms with Crippen LogP contribution in [0.1, 0.15) is 69.1 Å². The van der Waals surface area contributed by atoms with Crippen LogP contribution < -0.4 is 10.6 Å². The minimum absolute atomic E-state index is 0.0407. The molecule has 2 saturated carbocycles. The van der Waals surface area contributed by atoms with Gasteiger partial charge in [0.1, 0.15) is 5.82 Å². The maximum absolute atomic E-state index is 12.6. The molecule has 2 aromatic rings. The highest BCUT2D eigenvalue weighted by atomic mass is 19.1. The summed E-state index contributed by atoms with van der Waals surface area (Å²) in [5.41, 5.74) is 1.79. The van der Waals surface area contributed by atoms with Gasteiger partial charge in [-0.3, -0.25) is 18.4 Å². The van der Waals surface area contributed by atoms with Crippen LogP contribution in [0.15, 0.2) is 18.2 Å². The molecule has 1 aromatic carbocycles. The van der Waals surface area contributed by atoms with Crippen molar-refractivity contribution < 1.29 is 23.5 Å². The maximum Gasteiger partial charge on any atom is 0.222 e. The van der Waals surface area contributed by atoms with Crippen molar-refractivity contribution in [2.24, 2.45) is 23.2 Å². The van der Waals surface area contributed by atoms with Crippen LogP contribution in [0.2, 0.25) is 0 Å². The third-order valence-corrected chi connectivity index (χ3v) is 7.38. The van der Waals surface area contributed by atoms with E-state index in [0.717, 1.165) is 31.1 Å². The summed E-state index contributed by atoms with van der Waals surface area (Å²) in [6, 6.07) is 4.91. The van der Waals surface area contributed by atoms with Crippen molar-refractivity contribution in [1.29, 1.82) is 0 Å². The Labute approximate surface area is 191 Å². The van der Waals surface area contributed by atoms with Crippen LogP contribution in [-0.4, -0.2) is 40.7 Å². The van der Waals surface area contributed by atoms with Gasteiger partial charge in [0.2, 0.25) is 12.3 Å². The third kappa shape index (κ3) is 5.18. The van der Waals surface area contributed by atoms with E-state index in [0.29, 0.717) is 22.4 Å². The molecule has 0 spiro atoms. The smallest absolute Gasteiger partial charge is 0.222 e. The van der Waals surface area contributed by atoms with Crippen LogP contribution in [-0.2, 0) is 9.59 Å². The van der Waals surface area contributed by atoms with Crippen LogP contribution in [0.4, 0.5) is 8.78 Å². The third-order valence-electron chi connectivity index (χ3n) is 7.38. The monoisotopic (exact) mass is 462 g/mol. The lowest BCUT2D eigenvalue weighted by Gasteiger charge is -2.33. The number of nitrogens with one attached hydrogen (secondary N) is 3. The number of carbonyl (C=O) groups is 2. The number of benzene rings is 1. The normalized spacial score (nSPS) is 25.6. The summed E-state index contributed by atoms with van der Waals surface area (Å²) in [5, 5.41) is 15.9. The standard InChI is InChI=1S/C24H32F2N4O3/c1-24(11-16-9-17(16)12-24)21(27-13-31)22-28-18-3-2-15(10-19(18)29-22)23(33)30-20(32)8-14(4-6-25)5-7-26/h2-3,10,13-14,16-17,21,23,33H,4-9,11-12H2,1H3,(H,27,31)(H,28,29)(H,30,32)/t16-,17?,21+,23+,24?/m0/s1. The molecule has 0 aliphatic heterocycles. The summed E-state index contributed by atoms with van der Waals surface area (Å²) in [6.45, 7) is 0.969. The average molecular weight is 463 g/mol. The molecule has 2 amide bonds. The number of aromatic nitrogens is 2. The van der Waals surface area contributed by atoms with Gasteiger partial charge < -0.3 is 20.7 Å². The topological polar surface area (TPSA) is 107 Å². The first kappa shape index (κ1) is 23.6. The van der Waals surface area contributed by atoms with Gasteiger partial charge in [-0.1, -0.05) is 13.0 Å². The predicted molar refractivity (Wildman–Crippen MR) is 119 cm³/mol. The van der Waals surface area contributed by atoms with Gasteiger partial charge >= 0.3 is 0 Å². The lowest BCUT2D eigenvalue weighted by atomic mass is 9.77. The minimum atomic E-state index is -1.26. The number of rotatable bonds is 12. The number of halogens is 2. The van der Waals surface area contributed by atoms with Crippen molar-refractivity contribution in [2.75, 3.05) is 13.3 Å². The molecule has 2 aliphatic carbocycles. The fraction of sp³-hybridized carbons (Fsp3) is 0.625. The van der Waals surface area contributed by atoms with E-state index in [4.69, 9.17) is 0 Å². The maximum atomic E-state index is 12.6. The van der Waals surface area contributed by atoms with Crippen LogP contribution in [0.3, 0.4) is 0 Å². The molecule has 7 nitrogen and oxygen atoms in total. The molecule has 2 fully saturated rings. The fourth-order valence-electron chi connectivity index (χ4n) is 5.57. The zero-order chi connectivity index (χ0) is 23.6. The Bertz CT molecular complexity index is 981. The molecule has 0 saturated heterocycles. The molecule has 2 aliphatic rings. The number of aliphatic hydroxyl groups is 1. The number of carbonyl (C=O) groups excluding carboxylic acids is 2. The summed E-state index contributed by atoms with van der Waals surface area (Å²) in [5.74, 6) is 1.32. The summed E-state index contributed by atoms with van der Waals surface area (Å²) in [6.07, 6.45) is 3.05. The Hall–Kier alpha value is -2.55. The first-order valence-corrected chi connectivity index (χ1v) is 11.7. The van der Waals surface area contributed by atoms with E-state index < -0.39 is 31.4 Å². The molecule has 4 N–H and O–H groups in total. The van der Waals surface area contributed by atoms with E-state index in [1.54, 1.807) is 18.2 Å². The highest BCUT2D eigenvalue weighted by molar-refractivity contribution is 5.78. The zero-order valence-corrected chi connectivity index (χ0v) is 18.8. The number of aromatic amines is 1. The van der Waals surface area contributed by atoms with Gasteiger partial charge in [0.25, 0.3) is 0 Å². The van der Waals surface area contributed by atoms with E-state index in [-0.39, 0.29) is 30.7 Å². The van der Waals surface area contributed by atoms with Crippen LogP contribution in [0, 0.1) is 23.2 Å². The van der Waals surface area contributed by atoms with Crippen molar-refractivity contribution in [3.63, 3.8) is 0 Å². The first-order chi connectivity index (χ1) is 15.9. The molecule has 9 heteroatoms. The number of aliphatic hydroxyl groups excluding tert-OH is 1. The van der Waals surface area contributed by atoms with Crippen molar-refractivity contribution in [3.8, 4) is 0 Å². The Kier molecular flexibility index (Phi) is 6.97. The number of hydrogen-bond donors (Lipinski definition) is 4. The van der Waals surface area contributed by atoms with Crippen LogP contribution in [0.25, 0.3) is 11.0 Å². The van der Waals surface area contributed by atoms with E-state index in [1.165, 1.54) is 6.42 Å². The van der Waals surface area contributed by atoms with E-state index in [2.05, 4.69) is 27.5 Å². The number of fused-ring (bicyclic) bond motifs is 2. The van der Waals surface area contributed by atoms with E-state index in [9.17, 15) is 23.5 Å². The summed E-state index contributed by atoms with van der Waals surface area (Å²) >= 11 is 0. The lowest BCUT2D eigenvalue weighted by molar-refractivity contribution is -0.125. The van der Waals surface area contributed by atoms with Crippen molar-refractivity contribution in [2.45, 2.75) is 57.7 Å². The second-order valence-corrected chi connectivity index (χ2v) is 9.93. The van der Waals surface area contributed by atoms with Gasteiger partial charge in [0.05, 0.1) is 30.4 Å². The van der Waals surface area contributed by atoms with Crippen molar-refractivity contribution in [1.82, 2.24) is 20.6 Å². The minimum Gasteiger partial charge on any atom is -0.369 e. The summed E-state index contributed by atoms with van der Waals surface area (Å²) in [7, 11) is 0. The van der Waals surface area contributed by atoms with Crippen molar-refractivity contribution >= 4 is 23.4 Å². The molecule has 0 radical (unpaired) electrons. The van der Waals surface area contributed by atoms with Gasteiger partial charge in [-0.25, -0.2) is 4.98 Å². The summed E-state index contributed by atoms with van der Waals surface area (Å²) < 4.78 is 25.2. The molecule has 5 atom stereocenters. The average Bonchev–Trinajstić information content (AvgIpc) is 3.19. The van der Waals surface area contributed by atoms with Gasteiger partial charge in [-0.05, 0) is 67.4 Å². The van der Waals surface area contributed by atoms with E-state index in [1.807, 2.05) is 0 Å². The first-order valence-electron chi connectivity index (χ1n) is 11.7. The molecule has 4 rings (SSSR count). The molecule has 0 bridgehead atoms. The Morgan fingerprint density at radius 1 is 1.30 bits per heavy atom. The lowest BCUT2D eigenvalue weighted by Crippen LogP contribution is -2.35. The molecular weight excluding hydrogens is 430 g/mol. The summed E-state index contributed by atoms with van der Waals surface area (Å²) in [4.78, 5) is 31.6. The second kappa shape index (κ2) is 9.75. The number of H-pyrrole nitrogens is 1. The molecule has 1 heterocycles. The quantitative estimate of drug-likeness (QED) is 0.285. The van der Waals surface area contributed by atoms with Crippen LogP contribution >= 0.6 is 0 Å². The van der Waals surface area contributed by atoms with E-state index >= 15 is 0 Å². The highest BCUT2D eigenvalue weighted by Gasteiger charge is 2.55. The zero-order valence-electron chi connectivity index (χ0n) is 18.8. The molecule has 33 heavy (non-hydrogen) atoms. The Balaban J connectivity index is 1.46. The van der Waals surface area contributed by atoms with Gasteiger partial charge in [0.15, 0.2) is 6.23 Å². The number of hydrogen-bond acceptors (Lipinski definition) is 4. The largest absolute Gasteiger partial charge is 0.369 e. The second-order valence-electron chi connectivity index (χ2n) is 9.93. The molecule has 180 valence electrons. The van der Waals surface area contributed by atoms with Crippen LogP contribution in [0.5, 0.6) is 0 Å². The Morgan fingerprint density at radius 2 is 2.00 bits per heavy atom. The van der Waals surface area contributed by atoms with Crippen molar-refractivity contribution in [3.05, 3.63) is 29.6 Å². The van der Waals surface area contributed by atoms with Gasteiger partial charge in [0, 0.05) is 12.0 Å². The molecular formula is C24H32F2N4O3. The number of alkyl halides is 2. The number of amides is 2. The predicted octanol–water partition coefficient (Wildman–Crippen LogP) is 3.62. The van der Waals surface area contributed by atoms with Gasteiger partial charge in [-0.15, -0.1) is 0 Å². The Morgan fingerprint density at radius 3 is 2.64 bits per heavy atom. The van der Waals surface area contributed by atoms with Gasteiger partial charge in [-0.2, -0.15) is 0 Å². The molecule has 2 unspecified atom stereocenters. The fourth-order valence-corrected chi connectivity index (χ4v) is 5.57.